The van der Waals surface area contributed by atoms with Gasteiger partial charge in [0.15, 0.2) is 5.76 Å². The van der Waals surface area contributed by atoms with Crippen LogP contribution >= 0.6 is 0 Å². The first-order valence-corrected chi connectivity index (χ1v) is 9.06. The maximum atomic E-state index is 12.5. The molecule has 0 N–H and O–H groups in total. The first kappa shape index (κ1) is 17.0. The van der Waals surface area contributed by atoms with Crippen LogP contribution in [-0.2, 0) is 4.74 Å². The Morgan fingerprint density at radius 3 is 2.92 bits per heavy atom. The van der Waals surface area contributed by atoms with E-state index in [9.17, 15) is 4.79 Å². The van der Waals surface area contributed by atoms with Crippen LogP contribution in [0.15, 0.2) is 41.4 Å². The van der Waals surface area contributed by atoms with E-state index in [0.717, 1.165) is 39.0 Å². The Kier molecular flexibility index (Phi) is 4.88. The molecule has 2 aliphatic heterocycles. The van der Waals surface area contributed by atoms with Crippen LogP contribution in [0.2, 0.25) is 0 Å². The quantitative estimate of drug-likeness (QED) is 0.836. The van der Waals surface area contributed by atoms with Crippen molar-refractivity contribution in [2.75, 3.05) is 32.9 Å². The number of rotatable bonds is 4. The fourth-order valence-electron chi connectivity index (χ4n) is 4.02. The van der Waals surface area contributed by atoms with Gasteiger partial charge in [0.2, 0.25) is 5.88 Å². The Bertz CT molecular complexity index is 712. The van der Waals surface area contributed by atoms with Crippen LogP contribution in [0, 0.1) is 11.3 Å². The number of nitrogens with zero attached hydrogens (tertiary/aromatic N) is 3. The van der Waals surface area contributed by atoms with Crippen molar-refractivity contribution in [1.29, 1.82) is 0 Å². The highest BCUT2D eigenvalue weighted by molar-refractivity contribution is 5.91. The van der Waals surface area contributed by atoms with Gasteiger partial charge in [0.1, 0.15) is 0 Å². The lowest BCUT2D eigenvalue weighted by Crippen LogP contribution is -2.50. The third-order valence-electron chi connectivity index (χ3n) is 5.68. The Morgan fingerprint density at radius 1 is 1.31 bits per heavy atom. The second-order valence-corrected chi connectivity index (χ2v) is 7.01. The summed E-state index contributed by atoms with van der Waals surface area (Å²) in [6.07, 6.45) is 9.34. The second kappa shape index (κ2) is 7.45. The molecular formula is C19H23N3O4. The van der Waals surface area contributed by atoms with Gasteiger partial charge in [-0.1, -0.05) is 0 Å². The molecule has 1 spiro atoms. The summed E-state index contributed by atoms with van der Waals surface area (Å²) in [5.74, 6) is 1.22. The van der Waals surface area contributed by atoms with Crippen LogP contribution in [0.4, 0.5) is 0 Å². The average Bonchev–Trinajstić information content (AvgIpc) is 3.23. The van der Waals surface area contributed by atoms with Gasteiger partial charge in [0, 0.05) is 38.0 Å². The molecule has 4 rings (SSSR count). The summed E-state index contributed by atoms with van der Waals surface area (Å²) in [5.41, 5.74) is 0.153. The van der Waals surface area contributed by atoms with Crippen LogP contribution < -0.4 is 4.74 Å². The minimum absolute atomic E-state index is 0.0238. The summed E-state index contributed by atoms with van der Waals surface area (Å²) in [7, 11) is 0. The normalized spacial score (nSPS) is 22.3. The molecule has 2 aromatic heterocycles. The van der Waals surface area contributed by atoms with Gasteiger partial charge in [0.05, 0.1) is 25.7 Å². The third kappa shape index (κ3) is 3.44. The van der Waals surface area contributed by atoms with Crippen molar-refractivity contribution < 1.29 is 18.7 Å². The van der Waals surface area contributed by atoms with Gasteiger partial charge in [-0.15, -0.1) is 0 Å². The molecule has 0 radical (unpaired) electrons. The van der Waals surface area contributed by atoms with Gasteiger partial charge in [-0.3, -0.25) is 9.78 Å². The molecule has 0 aromatic carbocycles. The molecule has 2 saturated heterocycles. The zero-order valence-corrected chi connectivity index (χ0v) is 14.7. The number of amides is 1. The van der Waals surface area contributed by atoms with Crippen LogP contribution in [-0.4, -0.2) is 53.7 Å². The molecule has 7 nitrogen and oxygen atoms in total. The maximum absolute atomic E-state index is 12.5. The predicted molar refractivity (Wildman–Crippen MR) is 92.7 cm³/mol. The number of carbonyl (C=O) groups excluding carboxylic acids is 1. The van der Waals surface area contributed by atoms with Gasteiger partial charge in [-0.05, 0) is 36.8 Å². The van der Waals surface area contributed by atoms with Crippen LogP contribution in [0.5, 0.6) is 5.88 Å². The Hall–Kier alpha value is -2.41. The fraction of sp³-hybridized carbons (Fsp3) is 0.526. The van der Waals surface area contributed by atoms with Crippen LogP contribution in [0.25, 0.3) is 0 Å². The number of ether oxygens (including phenoxy) is 2. The largest absolute Gasteiger partial charge is 0.476 e. The van der Waals surface area contributed by atoms with Gasteiger partial charge in [-0.2, -0.15) is 0 Å². The molecule has 2 fully saturated rings. The van der Waals surface area contributed by atoms with E-state index >= 15 is 0 Å². The topological polar surface area (TPSA) is 77.7 Å². The lowest BCUT2D eigenvalue weighted by molar-refractivity contribution is -0.0827. The van der Waals surface area contributed by atoms with Crippen molar-refractivity contribution in [3.05, 3.63) is 42.7 Å². The second-order valence-electron chi connectivity index (χ2n) is 7.01. The standard InChI is InChI=1S/C19H23N3O4/c23-18(16-2-1-10-25-16)22-8-3-19(4-9-22)5-11-24-13-15(19)14-26-17-12-20-6-7-21-17/h1-2,6-7,10,12,15H,3-5,8-9,11,13-14H2. The van der Waals surface area contributed by atoms with Gasteiger partial charge in [0.25, 0.3) is 5.91 Å². The number of carbonyl (C=O) groups is 1. The number of hydrogen-bond donors (Lipinski definition) is 0. The smallest absolute Gasteiger partial charge is 0.289 e. The molecule has 138 valence electrons. The van der Waals surface area contributed by atoms with E-state index < -0.39 is 0 Å². The first-order valence-electron chi connectivity index (χ1n) is 9.06. The summed E-state index contributed by atoms with van der Waals surface area (Å²) >= 11 is 0. The van der Waals surface area contributed by atoms with E-state index in [1.807, 2.05) is 4.90 Å². The van der Waals surface area contributed by atoms with Gasteiger partial charge < -0.3 is 18.8 Å². The molecular weight excluding hydrogens is 334 g/mol. The minimum atomic E-state index is -0.0238. The third-order valence-corrected chi connectivity index (χ3v) is 5.68. The highest BCUT2D eigenvalue weighted by atomic mass is 16.5. The van der Waals surface area contributed by atoms with E-state index in [1.54, 1.807) is 30.7 Å². The van der Waals surface area contributed by atoms with Crippen LogP contribution in [0.1, 0.15) is 29.8 Å². The zero-order valence-electron chi connectivity index (χ0n) is 14.7. The summed E-state index contributed by atoms with van der Waals surface area (Å²) in [5, 5.41) is 0. The highest BCUT2D eigenvalue weighted by Crippen LogP contribution is 2.45. The number of piperidine rings is 1. The SMILES string of the molecule is O=C(c1ccco1)N1CCC2(CCOCC2COc2cnccn2)CC1. The lowest BCUT2D eigenvalue weighted by Gasteiger charge is -2.48. The number of likely N-dealkylation sites (tertiary alicyclic amines) is 1. The van der Waals surface area contributed by atoms with Gasteiger partial charge >= 0.3 is 0 Å². The monoisotopic (exact) mass is 357 g/mol. The molecule has 1 unspecified atom stereocenters. The van der Waals surface area contributed by atoms with Gasteiger partial charge in [-0.25, -0.2) is 4.98 Å². The number of furan rings is 1. The van der Waals surface area contributed by atoms with E-state index in [2.05, 4.69) is 9.97 Å². The fourth-order valence-corrected chi connectivity index (χ4v) is 4.02. The molecule has 0 saturated carbocycles. The van der Waals surface area contributed by atoms with Crippen molar-refractivity contribution >= 4 is 5.91 Å². The molecule has 0 bridgehead atoms. The minimum Gasteiger partial charge on any atom is -0.476 e. The van der Waals surface area contributed by atoms with E-state index in [0.29, 0.717) is 30.8 Å². The van der Waals surface area contributed by atoms with E-state index in [-0.39, 0.29) is 11.3 Å². The molecule has 2 aliphatic rings. The van der Waals surface area contributed by atoms with Crippen molar-refractivity contribution in [1.82, 2.24) is 14.9 Å². The molecule has 0 aliphatic carbocycles. The Balaban J connectivity index is 1.39. The van der Waals surface area contributed by atoms with Crippen molar-refractivity contribution in [2.45, 2.75) is 19.3 Å². The molecule has 2 aromatic rings. The van der Waals surface area contributed by atoms with Crippen molar-refractivity contribution in [2.24, 2.45) is 11.3 Å². The highest BCUT2D eigenvalue weighted by Gasteiger charge is 2.44. The average molecular weight is 357 g/mol. The lowest BCUT2D eigenvalue weighted by atomic mass is 9.66. The Morgan fingerprint density at radius 2 is 2.19 bits per heavy atom. The molecule has 1 amide bonds. The Labute approximate surface area is 152 Å². The predicted octanol–water partition coefficient (Wildman–Crippen LogP) is 2.41. The molecule has 1 atom stereocenters. The summed E-state index contributed by atoms with van der Waals surface area (Å²) in [4.78, 5) is 22.6. The van der Waals surface area contributed by atoms with Crippen molar-refractivity contribution in [3.8, 4) is 5.88 Å². The summed E-state index contributed by atoms with van der Waals surface area (Å²) < 4.78 is 16.8. The maximum Gasteiger partial charge on any atom is 0.289 e. The van der Waals surface area contributed by atoms with Crippen molar-refractivity contribution in [3.63, 3.8) is 0 Å². The molecule has 4 heterocycles. The van der Waals surface area contributed by atoms with E-state index in [4.69, 9.17) is 13.9 Å². The molecule has 26 heavy (non-hydrogen) atoms. The number of aromatic nitrogens is 2. The number of hydrogen-bond acceptors (Lipinski definition) is 6. The first-order chi connectivity index (χ1) is 12.8. The summed E-state index contributed by atoms with van der Waals surface area (Å²) in [6.45, 7) is 3.49. The molecule has 7 heteroatoms. The van der Waals surface area contributed by atoms with E-state index in [1.165, 1.54) is 6.26 Å². The zero-order chi connectivity index (χ0) is 17.8. The summed E-state index contributed by atoms with van der Waals surface area (Å²) in [6, 6.07) is 3.47. The van der Waals surface area contributed by atoms with Crippen LogP contribution in [0.3, 0.4) is 0 Å².